The molecule has 3 heterocycles. The number of ether oxygens (including phenoxy) is 1. The summed E-state index contributed by atoms with van der Waals surface area (Å²) in [7, 11) is -3.48. The van der Waals surface area contributed by atoms with Crippen LogP contribution in [0.4, 0.5) is 5.95 Å². The smallest absolute Gasteiger partial charge is 0.252 e. The first-order valence-corrected chi connectivity index (χ1v) is 8.60. The standard InChI is InChI=1S/C10H12BrN5O3S/c1-20(17,18)9-12-8-6-7(11)14-16(8)10(13-9)15-2-4-19-5-3-15/h6H,2-5H2,1H3. The second-order valence-electron chi connectivity index (χ2n) is 4.41. The molecule has 0 spiro atoms. The molecule has 1 aliphatic heterocycles. The van der Waals surface area contributed by atoms with E-state index in [9.17, 15) is 8.42 Å². The first kappa shape index (κ1) is 13.7. The molecule has 0 radical (unpaired) electrons. The van der Waals surface area contributed by atoms with Crippen molar-refractivity contribution in [1.29, 1.82) is 0 Å². The van der Waals surface area contributed by atoms with Gasteiger partial charge in [-0.3, -0.25) is 0 Å². The van der Waals surface area contributed by atoms with Gasteiger partial charge in [0.25, 0.3) is 5.16 Å². The Morgan fingerprint density at radius 2 is 2.00 bits per heavy atom. The van der Waals surface area contributed by atoms with Gasteiger partial charge in [-0.05, 0) is 15.9 Å². The van der Waals surface area contributed by atoms with Crippen molar-refractivity contribution in [2.24, 2.45) is 0 Å². The van der Waals surface area contributed by atoms with Crippen LogP contribution in [0.2, 0.25) is 0 Å². The molecule has 0 amide bonds. The van der Waals surface area contributed by atoms with Crippen molar-refractivity contribution in [3.05, 3.63) is 10.7 Å². The van der Waals surface area contributed by atoms with E-state index in [-0.39, 0.29) is 5.16 Å². The van der Waals surface area contributed by atoms with E-state index in [1.54, 1.807) is 6.07 Å². The highest BCUT2D eigenvalue weighted by Gasteiger charge is 2.22. The molecule has 0 N–H and O–H groups in total. The average Bonchev–Trinajstić information content (AvgIpc) is 2.77. The highest BCUT2D eigenvalue weighted by molar-refractivity contribution is 9.10. The molecule has 0 aromatic carbocycles. The Hall–Kier alpha value is -1.26. The van der Waals surface area contributed by atoms with Crippen molar-refractivity contribution in [3.63, 3.8) is 0 Å². The molecule has 1 saturated heterocycles. The summed E-state index contributed by atoms with van der Waals surface area (Å²) >= 11 is 3.27. The third-order valence-electron chi connectivity index (χ3n) is 2.88. The van der Waals surface area contributed by atoms with Crippen molar-refractivity contribution < 1.29 is 13.2 Å². The first-order chi connectivity index (χ1) is 9.45. The molecule has 2 aromatic rings. The fourth-order valence-electron chi connectivity index (χ4n) is 1.96. The number of rotatable bonds is 2. The second-order valence-corrected chi connectivity index (χ2v) is 7.14. The van der Waals surface area contributed by atoms with Crippen LogP contribution in [0.3, 0.4) is 0 Å². The van der Waals surface area contributed by atoms with Gasteiger partial charge in [-0.2, -0.15) is 19.6 Å². The largest absolute Gasteiger partial charge is 0.378 e. The second kappa shape index (κ2) is 4.93. The highest BCUT2D eigenvalue weighted by Crippen LogP contribution is 2.19. The van der Waals surface area contributed by atoms with Crippen LogP contribution in [0, 0.1) is 0 Å². The van der Waals surface area contributed by atoms with E-state index in [0.717, 1.165) is 6.26 Å². The third-order valence-corrected chi connectivity index (χ3v) is 4.11. The van der Waals surface area contributed by atoms with E-state index in [1.807, 2.05) is 4.90 Å². The molecule has 2 aromatic heterocycles. The van der Waals surface area contributed by atoms with Gasteiger partial charge in [-0.25, -0.2) is 8.42 Å². The molecule has 8 nitrogen and oxygen atoms in total. The summed E-state index contributed by atoms with van der Waals surface area (Å²) in [5.74, 6) is 0.462. The minimum Gasteiger partial charge on any atom is -0.378 e. The number of nitrogens with zero attached hydrogens (tertiary/aromatic N) is 5. The van der Waals surface area contributed by atoms with Crippen molar-refractivity contribution in [2.75, 3.05) is 37.5 Å². The number of fused-ring (bicyclic) bond motifs is 1. The van der Waals surface area contributed by atoms with Crippen LogP contribution in [0.1, 0.15) is 0 Å². The minimum atomic E-state index is -3.48. The Kier molecular flexibility index (Phi) is 3.38. The van der Waals surface area contributed by atoms with Gasteiger partial charge in [-0.15, -0.1) is 0 Å². The van der Waals surface area contributed by atoms with E-state index in [1.165, 1.54) is 4.52 Å². The zero-order chi connectivity index (χ0) is 14.3. The van der Waals surface area contributed by atoms with Crippen molar-refractivity contribution >= 4 is 37.4 Å². The maximum absolute atomic E-state index is 11.7. The van der Waals surface area contributed by atoms with Gasteiger partial charge in [0.05, 0.1) is 13.2 Å². The SMILES string of the molecule is CS(=O)(=O)c1nc(N2CCOCC2)n2nc(Br)cc2n1. The Morgan fingerprint density at radius 3 is 2.65 bits per heavy atom. The summed E-state index contributed by atoms with van der Waals surface area (Å²) in [4.78, 5) is 10.1. The Bertz CT molecular complexity index is 754. The van der Waals surface area contributed by atoms with Crippen LogP contribution in [0.15, 0.2) is 15.8 Å². The molecule has 0 saturated carbocycles. The first-order valence-electron chi connectivity index (χ1n) is 5.91. The molecular weight excluding hydrogens is 350 g/mol. The lowest BCUT2D eigenvalue weighted by molar-refractivity contribution is 0.121. The fourth-order valence-corrected chi connectivity index (χ4v) is 2.83. The van der Waals surface area contributed by atoms with Crippen molar-refractivity contribution in [1.82, 2.24) is 19.6 Å². The lowest BCUT2D eigenvalue weighted by Gasteiger charge is -2.27. The van der Waals surface area contributed by atoms with Gasteiger partial charge < -0.3 is 9.64 Å². The van der Waals surface area contributed by atoms with E-state index in [2.05, 4.69) is 31.0 Å². The number of anilines is 1. The maximum atomic E-state index is 11.7. The number of hydrogen-bond donors (Lipinski definition) is 0. The van der Waals surface area contributed by atoms with Crippen LogP contribution >= 0.6 is 15.9 Å². The summed E-state index contributed by atoms with van der Waals surface area (Å²) in [6, 6.07) is 1.65. The monoisotopic (exact) mass is 361 g/mol. The van der Waals surface area contributed by atoms with E-state index >= 15 is 0 Å². The Balaban J connectivity index is 2.21. The maximum Gasteiger partial charge on any atom is 0.252 e. The van der Waals surface area contributed by atoms with Gasteiger partial charge in [-0.1, -0.05) is 0 Å². The molecule has 108 valence electrons. The number of aromatic nitrogens is 4. The van der Waals surface area contributed by atoms with Crippen LogP contribution in [-0.2, 0) is 14.6 Å². The molecule has 1 fully saturated rings. The van der Waals surface area contributed by atoms with Crippen molar-refractivity contribution in [2.45, 2.75) is 5.16 Å². The number of sulfone groups is 1. The zero-order valence-electron chi connectivity index (χ0n) is 10.7. The average molecular weight is 362 g/mol. The minimum absolute atomic E-state index is 0.195. The number of halogens is 1. The summed E-state index contributed by atoms with van der Waals surface area (Å²) < 4.78 is 30.8. The van der Waals surface area contributed by atoms with Gasteiger partial charge in [0, 0.05) is 25.4 Å². The lowest BCUT2D eigenvalue weighted by atomic mass is 10.4. The molecule has 3 rings (SSSR count). The van der Waals surface area contributed by atoms with Crippen LogP contribution < -0.4 is 4.90 Å². The van der Waals surface area contributed by atoms with E-state index < -0.39 is 9.84 Å². The predicted molar refractivity (Wildman–Crippen MR) is 74.6 cm³/mol. The van der Waals surface area contributed by atoms with Crippen LogP contribution in [-0.4, -0.2) is 60.6 Å². The normalized spacial score (nSPS) is 16.8. The van der Waals surface area contributed by atoms with E-state index in [0.29, 0.717) is 42.5 Å². The zero-order valence-corrected chi connectivity index (χ0v) is 13.1. The molecule has 0 bridgehead atoms. The highest BCUT2D eigenvalue weighted by atomic mass is 79.9. The van der Waals surface area contributed by atoms with Crippen molar-refractivity contribution in [3.8, 4) is 0 Å². The molecule has 0 unspecified atom stereocenters. The Morgan fingerprint density at radius 1 is 1.30 bits per heavy atom. The fraction of sp³-hybridized carbons (Fsp3) is 0.500. The quantitative estimate of drug-likeness (QED) is 0.750. The summed E-state index contributed by atoms with van der Waals surface area (Å²) in [5, 5.41) is 4.05. The number of morpholine rings is 1. The molecule has 0 aliphatic carbocycles. The molecule has 10 heteroatoms. The van der Waals surface area contributed by atoms with Gasteiger partial charge >= 0.3 is 0 Å². The number of hydrogen-bond acceptors (Lipinski definition) is 7. The lowest BCUT2D eigenvalue weighted by Crippen LogP contribution is -2.38. The van der Waals surface area contributed by atoms with Crippen LogP contribution in [0.5, 0.6) is 0 Å². The molecule has 20 heavy (non-hydrogen) atoms. The summed E-state index contributed by atoms with van der Waals surface area (Å²) in [6.45, 7) is 2.41. The van der Waals surface area contributed by atoms with Gasteiger partial charge in [0.15, 0.2) is 5.65 Å². The topological polar surface area (TPSA) is 89.7 Å². The summed E-state index contributed by atoms with van der Waals surface area (Å²) in [6.07, 6.45) is 1.09. The third kappa shape index (κ3) is 2.50. The Labute approximate surface area is 123 Å². The summed E-state index contributed by atoms with van der Waals surface area (Å²) in [5.41, 5.74) is 0.439. The molecule has 1 aliphatic rings. The van der Waals surface area contributed by atoms with E-state index in [4.69, 9.17) is 4.74 Å². The van der Waals surface area contributed by atoms with Gasteiger partial charge in [0.2, 0.25) is 15.8 Å². The van der Waals surface area contributed by atoms with Gasteiger partial charge in [0.1, 0.15) is 4.60 Å². The molecule has 0 atom stereocenters. The molecular formula is C10H12BrN5O3S. The predicted octanol–water partition coefficient (Wildman–Crippen LogP) is 0.127. The van der Waals surface area contributed by atoms with Crippen LogP contribution in [0.25, 0.3) is 5.65 Å².